The summed E-state index contributed by atoms with van der Waals surface area (Å²) < 4.78 is 6.82. The molecule has 1 saturated carbocycles. The van der Waals surface area contributed by atoms with E-state index < -0.39 is 5.60 Å². The van der Waals surface area contributed by atoms with Gasteiger partial charge in [0.05, 0.1) is 24.9 Å². The lowest BCUT2D eigenvalue weighted by Gasteiger charge is -2.42. The van der Waals surface area contributed by atoms with Crippen molar-refractivity contribution < 1.29 is 14.6 Å². The minimum atomic E-state index is -0.883. The molecule has 152 valence electrons. The smallest absolute Gasteiger partial charge is 0.257 e. The van der Waals surface area contributed by atoms with Crippen molar-refractivity contribution in [2.24, 2.45) is 0 Å². The normalized spacial score (nSPS) is 20.8. The highest BCUT2D eigenvalue weighted by atomic mass is 16.5. The number of carbonyl (C=O) groups excluding carboxylic acids is 1. The van der Waals surface area contributed by atoms with Crippen LogP contribution in [0, 0.1) is 0 Å². The topological polar surface area (TPSA) is 126 Å². The van der Waals surface area contributed by atoms with Gasteiger partial charge in [-0.25, -0.2) is 9.97 Å². The number of aliphatic hydroxyl groups is 1. The van der Waals surface area contributed by atoms with E-state index in [2.05, 4.69) is 31.0 Å². The van der Waals surface area contributed by atoms with Crippen LogP contribution in [0.1, 0.15) is 30.1 Å². The van der Waals surface area contributed by atoms with Crippen LogP contribution < -0.4 is 20.7 Å². The standard InChI is InChI=1S/C19H23N7O3/c1-19(28)7-6-13(19)24-17(27)11-10-22-26-15(20-2)9-14(25-16(11)26)23-12-5-4-8-21-18(12)29-3/h4-5,8-10,13,20,28H,6-7H2,1-3H3,(H,23,25)(H,24,27)/t13-,19+/m0/s1. The minimum absolute atomic E-state index is 0.283. The van der Waals surface area contributed by atoms with Gasteiger partial charge in [0.1, 0.15) is 22.9 Å². The summed E-state index contributed by atoms with van der Waals surface area (Å²) in [7, 11) is 3.30. The van der Waals surface area contributed by atoms with E-state index in [4.69, 9.17) is 4.74 Å². The number of pyridine rings is 1. The van der Waals surface area contributed by atoms with E-state index >= 15 is 0 Å². The molecule has 0 spiro atoms. The van der Waals surface area contributed by atoms with Gasteiger partial charge in [0.15, 0.2) is 5.65 Å². The first-order valence-corrected chi connectivity index (χ1v) is 9.29. The summed E-state index contributed by atoms with van der Waals surface area (Å²) in [6.45, 7) is 1.72. The molecule has 4 rings (SSSR count). The lowest BCUT2D eigenvalue weighted by Crippen LogP contribution is -2.58. The van der Waals surface area contributed by atoms with Crippen molar-refractivity contribution in [3.05, 3.63) is 36.2 Å². The number of fused-ring (bicyclic) bond motifs is 1. The van der Waals surface area contributed by atoms with Crippen molar-refractivity contribution in [2.45, 2.75) is 31.4 Å². The number of rotatable bonds is 6. The highest BCUT2D eigenvalue weighted by molar-refractivity contribution is 6.00. The fourth-order valence-corrected chi connectivity index (χ4v) is 3.32. The van der Waals surface area contributed by atoms with Gasteiger partial charge in [-0.05, 0) is 31.9 Å². The van der Waals surface area contributed by atoms with Crippen LogP contribution in [0.2, 0.25) is 0 Å². The SMILES string of the molecule is CNc1cc(Nc2cccnc2OC)nc2c(C(=O)N[C@H]3CC[C@@]3(C)O)cnn12. The Morgan fingerprint density at radius 1 is 1.45 bits per heavy atom. The van der Waals surface area contributed by atoms with Crippen LogP contribution in [0.4, 0.5) is 17.3 Å². The summed E-state index contributed by atoms with van der Waals surface area (Å²) in [4.78, 5) is 21.5. The first kappa shape index (κ1) is 18.9. The average Bonchev–Trinajstić information content (AvgIpc) is 3.15. The number of amides is 1. The summed E-state index contributed by atoms with van der Waals surface area (Å²) in [5.74, 6) is 1.25. The van der Waals surface area contributed by atoms with E-state index in [1.165, 1.54) is 13.3 Å². The van der Waals surface area contributed by atoms with Gasteiger partial charge >= 0.3 is 0 Å². The van der Waals surface area contributed by atoms with Gasteiger partial charge in [0.2, 0.25) is 5.88 Å². The van der Waals surface area contributed by atoms with E-state index in [1.54, 1.807) is 36.8 Å². The predicted octanol–water partition coefficient (Wildman–Crippen LogP) is 1.56. The van der Waals surface area contributed by atoms with Crippen LogP contribution in [0.25, 0.3) is 5.65 Å². The molecule has 0 radical (unpaired) electrons. The molecule has 0 saturated heterocycles. The molecule has 1 aliphatic rings. The number of aromatic nitrogens is 4. The van der Waals surface area contributed by atoms with Gasteiger partial charge in [-0.2, -0.15) is 9.61 Å². The molecule has 1 aliphatic carbocycles. The van der Waals surface area contributed by atoms with Gasteiger partial charge in [0, 0.05) is 19.3 Å². The Morgan fingerprint density at radius 2 is 2.28 bits per heavy atom. The number of methoxy groups -OCH3 is 1. The highest BCUT2D eigenvalue weighted by Gasteiger charge is 2.42. The first-order chi connectivity index (χ1) is 13.9. The highest BCUT2D eigenvalue weighted by Crippen LogP contribution is 2.32. The van der Waals surface area contributed by atoms with Crippen molar-refractivity contribution in [2.75, 3.05) is 24.8 Å². The predicted molar refractivity (Wildman–Crippen MR) is 108 cm³/mol. The molecule has 10 heteroatoms. The number of ether oxygens (including phenoxy) is 1. The molecular formula is C19H23N7O3. The number of anilines is 3. The average molecular weight is 397 g/mol. The van der Waals surface area contributed by atoms with E-state index in [0.717, 1.165) is 6.42 Å². The van der Waals surface area contributed by atoms with E-state index in [-0.39, 0.29) is 11.9 Å². The Hall–Kier alpha value is -3.40. The zero-order valence-electron chi connectivity index (χ0n) is 16.4. The Labute approximate surface area is 167 Å². The monoisotopic (exact) mass is 397 g/mol. The molecule has 4 N–H and O–H groups in total. The number of carbonyl (C=O) groups is 1. The molecule has 3 aromatic rings. The third kappa shape index (κ3) is 3.42. The molecular weight excluding hydrogens is 374 g/mol. The van der Waals surface area contributed by atoms with E-state index in [9.17, 15) is 9.90 Å². The van der Waals surface area contributed by atoms with Crippen LogP contribution in [0.5, 0.6) is 5.88 Å². The molecule has 0 unspecified atom stereocenters. The third-order valence-corrected chi connectivity index (χ3v) is 5.19. The lowest BCUT2D eigenvalue weighted by molar-refractivity contribution is -0.0486. The molecule has 0 aliphatic heterocycles. The first-order valence-electron chi connectivity index (χ1n) is 9.29. The summed E-state index contributed by atoms with van der Waals surface area (Å²) >= 11 is 0. The molecule has 3 aromatic heterocycles. The Kier molecular flexibility index (Phi) is 4.71. The molecule has 29 heavy (non-hydrogen) atoms. The number of hydrogen-bond acceptors (Lipinski definition) is 8. The summed E-state index contributed by atoms with van der Waals surface area (Å²) in [5, 5.41) is 23.6. The molecule has 3 heterocycles. The van der Waals surface area contributed by atoms with E-state index in [0.29, 0.717) is 40.8 Å². The fourth-order valence-electron chi connectivity index (χ4n) is 3.32. The second kappa shape index (κ2) is 7.21. The van der Waals surface area contributed by atoms with Gasteiger partial charge in [0.25, 0.3) is 5.91 Å². The molecule has 10 nitrogen and oxygen atoms in total. The minimum Gasteiger partial charge on any atom is -0.480 e. The largest absolute Gasteiger partial charge is 0.480 e. The van der Waals surface area contributed by atoms with E-state index in [1.807, 2.05) is 6.07 Å². The molecule has 0 bridgehead atoms. The number of nitrogens with zero attached hydrogens (tertiary/aromatic N) is 4. The quantitative estimate of drug-likeness (QED) is 0.494. The van der Waals surface area contributed by atoms with Gasteiger partial charge in [-0.1, -0.05) is 0 Å². The van der Waals surface area contributed by atoms with Crippen LogP contribution in [-0.2, 0) is 0 Å². The lowest BCUT2D eigenvalue weighted by atomic mass is 9.76. The maximum Gasteiger partial charge on any atom is 0.257 e. The van der Waals surface area contributed by atoms with Gasteiger partial charge in [-0.3, -0.25) is 4.79 Å². The number of hydrogen-bond donors (Lipinski definition) is 4. The molecule has 1 fully saturated rings. The van der Waals surface area contributed by atoms with Crippen molar-refractivity contribution in [3.8, 4) is 5.88 Å². The van der Waals surface area contributed by atoms with Crippen molar-refractivity contribution in [1.29, 1.82) is 0 Å². The van der Waals surface area contributed by atoms with Crippen molar-refractivity contribution in [3.63, 3.8) is 0 Å². The molecule has 0 aromatic carbocycles. The van der Waals surface area contributed by atoms with Crippen LogP contribution in [0.3, 0.4) is 0 Å². The summed E-state index contributed by atoms with van der Waals surface area (Å²) in [6.07, 6.45) is 4.51. The van der Waals surface area contributed by atoms with Gasteiger partial charge in [-0.15, -0.1) is 0 Å². The Balaban J connectivity index is 1.69. The zero-order valence-corrected chi connectivity index (χ0v) is 16.4. The van der Waals surface area contributed by atoms with Crippen LogP contribution in [0.15, 0.2) is 30.6 Å². The summed E-state index contributed by atoms with van der Waals surface area (Å²) in [5.41, 5.74) is 0.473. The Bertz CT molecular complexity index is 1060. The Morgan fingerprint density at radius 3 is 2.93 bits per heavy atom. The van der Waals surface area contributed by atoms with Crippen LogP contribution in [-0.4, -0.2) is 56.4 Å². The molecule has 1 amide bonds. The second-order valence-electron chi connectivity index (χ2n) is 7.18. The van der Waals surface area contributed by atoms with Crippen LogP contribution >= 0.6 is 0 Å². The zero-order chi connectivity index (χ0) is 20.6. The van der Waals surface area contributed by atoms with Gasteiger partial charge < -0.3 is 25.8 Å². The molecule has 2 atom stereocenters. The second-order valence-corrected chi connectivity index (χ2v) is 7.18. The fraction of sp³-hybridized carbons (Fsp3) is 0.368. The van der Waals surface area contributed by atoms with Crippen molar-refractivity contribution >= 4 is 28.9 Å². The maximum atomic E-state index is 12.8. The third-order valence-electron chi connectivity index (χ3n) is 5.19. The van der Waals surface area contributed by atoms with Crippen molar-refractivity contribution in [1.82, 2.24) is 24.9 Å². The maximum absolute atomic E-state index is 12.8. The number of nitrogens with one attached hydrogen (secondary N) is 3. The summed E-state index contributed by atoms with van der Waals surface area (Å²) in [6, 6.07) is 5.09.